The quantitative estimate of drug-likeness (QED) is 0.925. The summed E-state index contributed by atoms with van der Waals surface area (Å²) in [6, 6.07) is 8.84. The second kappa shape index (κ2) is 6.05. The highest BCUT2D eigenvalue weighted by molar-refractivity contribution is 5.60. The molecule has 1 N–H and O–H groups in total. The molecule has 0 bridgehead atoms. The lowest BCUT2D eigenvalue weighted by molar-refractivity contribution is 0.194. The van der Waals surface area contributed by atoms with E-state index in [-0.39, 0.29) is 0 Å². The van der Waals surface area contributed by atoms with Gasteiger partial charge in [0.1, 0.15) is 0 Å². The third kappa shape index (κ3) is 2.82. The van der Waals surface area contributed by atoms with Crippen LogP contribution in [0.25, 0.3) is 5.69 Å². The molecule has 5 nitrogen and oxygen atoms in total. The van der Waals surface area contributed by atoms with Crippen LogP contribution in [0.4, 0.5) is 5.69 Å². The van der Waals surface area contributed by atoms with Gasteiger partial charge in [-0.15, -0.1) is 5.10 Å². The molecule has 0 radical (unpaired) electrons. The molecule has 1 aromatic heterocycles. The maximum atomic E-state index is 4.07. The van der Waals surface area contributed by atoms with Gasteiger partial charge >= 0.3 is 0 Å². The van der Waals surface area contributed by atoms with E-state index in [9.17, 15) is 0 Å². The summed E-state index contributed by atoms with van der Waals surface area (Å²) < 4.78 is 1.80. The van der Waals surface area contributed by atoms with Gasteiger partial charge in [0, 0.05) is 12.6 Å². The highest BCUT2D eigenvalue weighted by Crippen LogP contribution is 2.20. The Balaban J connectivity index is 1.71. The fourth-order valence-corrected chi connectivity index (χ4v) is 2.79. The van der Waals surface area contributed by atoms with Gasteiger partial charge in [-0.3, -0.25) is 0 Å². The average Bonchev–Trinajstić information content (AvgIpc) is 3.01. The van der Waals surface area contributed by atoms with E-state index in [0.29, 0.717) is 6.04 Å². The van der Waals surface area contributed by atoms with Crippen molar-refractivity contribution in [1.29, 1.82) is 0 Å². The van der Waals surface area contributed by atoms with E-state index in [0.717, 1.165) is 17.9 Å². The van der Waals surface area contributed by atoms with Gasteiger partial charge in [0.25, 0.3) is 0 Å². The van der Waals surface area contributed by atoms with Crippen LogP contribution >= 0.6 is 0 Å². The van der Waals surface area contributed by atoms with E-state index in [1.807, 2.05) is 18.3 Å². The summed E-state index contributed by atoms with van der Waals surface area (Å²) >= 11 is 0. The Morgan fingerprint density at radius 1 is 1.30 bits per heavy atom. The largest absolute Gasteiger partial charge is 0.382 e. The summed E-state index contributed by atoms with van der Waals surface area (Å²) in [6.45, 7) is 2.18. The van der Waals surface area contributed by atoms with Crippen molar-refractivity contribution in [3.05, 3.63) is 36.7 Å². The number of likely N-dealkylation sites (tertiary alicyclic amines) is 1. The first-order chi connectivity index (χ1) is 9.84. The minimum Gasteiger partial charge on any atom is -0.382 e. The van der Waals surface area contributed by atoms with Gasteiger partial charge in [0.15, 0.2) is 0 Å². The van der Waals surface area contributed by atoms with Crippen molar-refractivity contribution >= 4 is 5.69 Å². The highest BCUT2D eigenvalue weighted by Gasteiger charge is 2.18. The molecular weight excluding hydrogens is 250 g/mol. The van der Waals surface area contributed by atoms with Crippen LogP contribution in [0, 0.1) is 0 Å². The van der Waals surface area contributed by atoms with Crippen LogP contribution < -0.4 is 5.32 Å². The molecule has 1 atom stereocenters. The third-order valence-electron chi connectivity index (χ3n) is 4.02. The van der Waals surface area contributed by atoms with Crippen molar-refractivity contribution in [3.8, 4) is 5.69 Å². The van der Waals surface area contributed by atoms with Gasteiger partial charge in [-0.2, -0.15) is 0 Å². The van der Waals surface area contributed by atoms with Crippen molar-refractivity contribution < 1.29 is 0 Å². The number of likely N-dealkylation sites (N-methyl/N-ethyl adjacent to an activating group) is 1. The minimum atomic E-state index is 0.618. The number of hydrogen-bond donors (Lipinski definition) is 1. The van der Waals surface area contributed by atoms with Crippen molar-refractivity contribution in [2.75, 3.05) is 25.5 Å². The van der Waals surface area contributed by atoms with E-state index < -0.39 is 0 Å². The van der Waals surface area contributed by atoms with Crippen LogP contribution in [0.5, 0.6) is 0 Å². The molecule has 0 amide bonds. The standard InChI is InChI=1S/C15H21N5/c1-19-10-5-4-6-13(19)12-16-14-7-2-3-8-15(14)20-11-9-17-18-20/h2-3,7-9,11,13,16H,4-6,10,12H2,1H3. The molecule has 3 rings (SSSR count). The summed E-state index contributed by atoms with van der Waals surface area (Å²) in [6.07, 6.45) is 7.50. The van der Waals surface area contributed by atoms with Crippen molar-refractivity contribution in [2.24, 2.45) is 0 Å². The molecule has 1 fully saturated rings. The second-order valence-corrected chi connectivity index (χ2v) is 5.38. The Hall–Kier alpha value is -1.88. The zero-order valence-electron chi connectivity index (χ0n) is 11.9. The summed E-state index contributed by atoms with van der Waals surface area (Å²) in [5, 5.41) is 11.5. The summed E-state index contributed by atoms with van der Waals surface area (Å²) in [7, 11) is 2.22. The second-order valence-electron chi connectivity index (χ2n) is 5.38. The number of aromatic nitrogens is 3. The molecule has 2 heterocycles. The Labute approximate surface area is 119 Å². The van der Waals surface area contributed by atoms with Gasteiger partial charge in [0.2, 0.25) is 0 Å². The van der Waals surface area contributed by atoms with Gasteiger partial charge in [0.05, 0.1) is 23.8 Å². The van der Waals surface area contributed by atoms with E-state index in [4.69, 9.17) is 0 Å². The summed E-state index contributed by atoms with van der Waals surface area (Å²) in [5.41, 5.74) is 2.15. The number of nitrogens with one attached hydrogen (secondary N) is 1. The first-order valence-electron chi connectivity index (χ1n) is 7.24. The number of hydrogen-bond acceptors (Lipinski definition) is 4. The van der Waals surface area contributed by atoms with E-state index in [1.54, 1.807) is 10.9 Å². The third-order valence-corrected chi connectivity index (χ3v) is 4.02. The van der Waals surface area contributed by atoms with Crippen LogP contribution in [-0.2, 0) is 0 Å². The number of para-hydroxylation sites is 2. The van der Waals surface area contributed by atoms with Gasteiger partial charge in [-0.05, 0) is 38.6 Å². The van der Waals surface area contributed by atoms with Crippen LogP contribution in [0.3, 0.4) is 0 Å². The first kappa shape index (κ1) is 13.1. The van der Waals surface area contributed by atoms with Crippen molar-refractivity contribution in [3.63, 3.8) is 0 Å². The average molecular weight is 271 g/mol. The topological polar surface area (TPSA) is 46.0 Å². The molecule has 5 heteroatoms. The van der Waals surface area contributed by atoms with Crippen molar-refractivity contribution in [2.45, 2.75) is 25.3 Å². The molecule has 0 saturated carbocycles. The number of nitrogens with zero attached hydrogens (tertiary/aromatic N) is 4. The fraction of sp³-hybridized carbons (Fsp3) is 0.467. The van der Waals surface area contributed by atoms with Crippen LogP contribution in [0.15, 0.2) is 36.7 Å². The van der Waals surface area contributed by atoms with Gasteiger partial charge in [-0.25, -0.2) is 4.68 Å². The van der Waals surface area contributed by atoms with Crippen LogP contribution in [0.2, 0.25) is 0 Å². The maximum absolute atomic E-state index is 4.07. The van der Waals surface area contributed by atoms with E-state index >= 15 is 0 Å². The molecule has 1 aliphatic heterocycles. The maximum Gasteiger partial charge on any atom is 0.0894 e. The molecule has 1 aliphatic rings. The molecule has 1 saturated heterocycles. The molecule has 20 heavy (non-hydrogen) atoms. The molecule has 1 aromatic carbocycles. The number of rotatable bonds is 4. The van der Waals surface area contributed by atoms with Crippen LogP contribution in [-0.4, -0.2) is 46.1 Å². The number of benzene rings is 1. The lowest BCUT2D eigenvalue weighted by Gasteiger charge is -2.32. The Kier molecular flexibility index (Phi) is 3.97. The summed E-state index contributed by atoms with van der Waals surface area (Å²) in [5.74, 6) is 0. The monoisotopic (exact) mass is 271 g/mol. The van der Waals surface area contributed by atoms with Gasteiger partial charge in [-0.1, -0.05) is 23.8 Å². The molecule has 2 aromatic rings. The lowest BCUT2D eigenvalue weighted by Crippen LogP contribution is -2.40. The normalized spacial score (nSPS) is 19.9. The van der Waals surface area contributed by atoms with Crippen LogP contribution in [0.1, 0.15) is 19.3 Å². The molecular formula is C15H21N5. The Bertz CT molecular complexity index is 537. The predicted octanol–water partition coefficient (Wildman–Crippen LogP) is 2.16. The smallest absolute Gasteiger partial charge is 0.0894 e. The molecule has 1 unspecified atom stereocenters. The first-order valence-corrected chi connectivity index (χ1v) is 7.24. The SMILES string of the molecule is CN1CCCCC1CNc1ccccc1-n1ccnn1. The summed E-state index contributed by atoms with van der Waals surface area (Å²) in [4.78, 5) is 2.45. The Morgan fingerprint density at radius 2 is 2.20 bits per heavy atom. The molecule has 0 aliphatic carbocycles. The lowest BCUT2D eigenvalue weighted by atomic mass is 10.0. The number of piperidine rings is 1. The highest BCUT2D eigenvalue weighted by atomic mass is 15.4. The Morgan fingerprint density at radius 3 is 3.00 bits per heavy atom. The zero-order valence-corrected chi connectivity index (χ0v) is 11.9. The zero-order chi connectivity index (χ0) is 13.8. The van der Waals surface area contributed by atoms with E-state index in [1.165, 1.54) is 25.8 Å². The van der Waals surface area contributed by atoms with E-state index in [2.05, 4.69) is 39.7 Å². The van der Waals surface area contributed by atoms with Crippen molar-refractivity contribution in [1.82, 2.24) is 19.9 Å². The minimum absolute atomic E-state index is 0.618. The number of anilines is 1. The predicted molar refractivity (Wildman–Crippen MR) is 80.1 cm³/mol. The molecule has 0 spiro atoms. The fourth-order valence-electron chi connectivity index (χ4n) is 2.79. The molecule has 106 valence electrons. The van der Waals surface area contributed by atoms with Gasteiger partial charge < -0.3 is 10.2 Å².